The van der Waals surface area contributed by atoms with Crippen LogP contribution in [0, 0.1) is 0 Å². The van der Waals surface area contributed by atoms with E-state index in [9.17, 15) is 4.79 Å². The molecule has 2 saturated heterocycles. The molecule has 0 saturated carbocycles. The average molecular weight is 417 g/mol. The first kappa shape index (κ1) is 22.9. The molecule has 1 amide bonds. The summed E-state index contributed by atoms with van der Waals surface area (Å²) in [4.78, 5) is 14.2. The molecule has 6 nitrogen and oxygen atoms in total. The first-order valence-corrected chi connectivity index (χ1v) is 10.8. The maximum atomic E-state index is 12.4. The molecule has 0 radical (unpaired) electrons. The predicted octanol–water partition coefficient (Wildman–Crippen LogP) is 4.11. The highest BCUT2D eigenvalue weighted by atomic mass is 16.7. The highest BCUT2D eigenvalue weighted by molar-refractivity contribution is 6.62. The molecule has 0 N–H and O–H groups in total. The van der Waals surface area contributed by atoms with Crippen LogP contribution in [0.4, 0.5) is 4.79 Å². The van der Waals surface area contributed by atoms with Crippen LogP contribution in [-0.4, -0.2) is 55.1 Å². The molecular formula is C23H36BNO5. The Bertz CT molecular complexity index is 762. The standard InChI is InChI=1S/C23H36BNO5/c1-21(2,3)28-20(26)25-13-11-16(12-14-25)18-10-9-17(27-8)15-19(18)24-29-22(4,5)23(6,7)30-24/h9-10,15-16H,11-14H2,1-8H3. The fourth-order valence-electron chi connectivity index (χ4n) is 3.93. The van der Waals surface area contributed by atoms with Crippen molar-refractivity contribution >= 4 is 18.7 Å². The Morgan fingerprint density at radius 2 is 1.67 bits per heavy atom. The van der Waals surface area contributed by atoms with Crippen molar-refractivity contribution in [2.24, 2.45) is 0 Å². The van der Waals surface area contributed by atoms with E-state index in [1.807, 2.05) is 32.9 Å². The van der Waals surface area contributed by atoms with Crippen molar-refractivity contribution in [2.45, 2.75) is 84.0 Å². The summed E-state index contributed by atoms with van der Waals surface area (Å²) in [6, 6.07) is 6.13. The number of likely N-dealkylation sites (tertiary alicyclic amines) is 1. The summed E-state index contributed by atoms with van der Waals surface area (Å²) >= 11 is 0. The van der Waals surface area contributed by atoms with Gasteiger partial charge in [-0.2, -0.15) is 0 Å². The molecule has 2 heterocycles. The number of nitrogens with zero attached hydrogens (tertiary/aromatic N) is 1. The Labute approximate surface area is 181 Å². The van der Waals surface area contributed by atoms with E-state index >= 15 is 0 Å². The lowest BCUT2D eigenvalue weighted by Crippen LogP contribution is -2.43. The zero-order valence-electron chi connectivity index (χ0n) is 19.7. The van der Waals surface area contributed by atoms with Crippen molar-refractivity contribution in [1.29, 1.82) is 0 Å². The van der Waals surface area contributed by atoms with Gasteiger partial charge in [0.15, 0.2) is 0 Å². The number of ether oxygens (including phenoxy) is 2. The van der Waals surface area contributed by atoms with Crippen molar-refractivity contribution in [3.05, 3.63) is 23.8 Å². The van der Waals surface area contributed by atoms with E-state index < -0.39 is 23.9 Å². The predicted molar refractivity (Wildman–Crippen MR) is 118 cm³/mol. The number of piperidine rings is 1. The van der Waals surface area contributed by atoms with E-state index in [1.54, 1.807) is 12.0 Å². The van der Waals surface area contributed by atoms with Crippen LogP contribution in [0.3, 0.4) is 0 Å². The van der Waals surface area contributed by atoms with Gasteiger partial charge in [-0.25, -0.2) is 4.79 Å². The molecule has 2 aliphatic rings. The molecule has 7 heteroatoms. The second-order valence-corrected chi connectivity index (χ2v) is 10.3. The lowest BCUT2D eigenvalue weighted by atomic mass is 9.71. The van der Waals surface area contributed by atoms with Crippen LogP contribution < -0.4 is 10.2 Å². The van der Waals surface area contributed by atoms with Gasteiger partial charge in [-0.3, -0.25) is 0 Å². The van der Waals surface area contributed by atoms with Gasteiger partial charge in [0.05, 0.1) is 18.3 Å². The Morgan fingerprint density at radius 3 is 2.17 bits per heavy atom. The fourth-order valence-corrected chi connectivity index (χ4v) is 3.93. The Morgan fingerprint density at radius 1 is 1.10 bits per heavy atom. The molecule has 0 bridgehead atoms. The molecule has 0 aliphatic carbocycles. The number of carbonyl (C=O) groups is 1. The Hall–Kier alpha value is -1.73. The molecule has 1 aromatic carbocycles. The van der Waals surface area contributed by atoms with E-state index in [2.05, 4.69) is 33.8 Å². The van der Waals surface area contributed by atoms with Gasteiger partial charge in [0.2, 0.25) is 0 Å². The van der Waals surface area contributed by atoms with E-state index in [0.717, 1.165) is 24.1 Å². The lowest BCUT2D eigenvalue weighted by molar-refractivity contribution is 0.00578. The highest BCUT2D eigenvalue weighted by Crippen LogP contribution is 2.38. The van der Waals surface area contributed by atoms with Crippen LogP contribution in [-0.2, 0) is 14.0 Å². The summed E-state index contributed by atoms with van der Waals surface area (Å²) in [6.45, 7) is 15.3. The zero-order chi connectivity index (χ0) is 22.3. The zero-order valence-corrected chi connectivity index (χ0v) is 19.7. The third kappa shape index (κ3) is 4.78. The third-order valence-corrected chi connectivity index (χ3v) is 6.39. The Balaban J connectivity index is 1.78. The van der Waals surface area contributed by atoms with Crippen LogP contribution in [0.15, 0.2) is 18.2 Å². The van der Waals surface area contributed by atoms with Gasteiger partial charge in [-0.05, 0) is 90.4 Å². The third-order valence-electron chi connectivity index (χ3n) is 6.39. The maximum Gasteiger partial charge on any atom is 0.495 e. The number of hydrogen-bond donors (Lipinski definition) is 0. The Kier molecular flexibility index (Phi) is 6.18. The van der Waals surface area contributed by atoms with Crippen LogP contribution in [0.5, 0.6) is 5.75 Å². The van der Waals surface area contributed by atoms with Crippen molar-refractivity contribution in [1.82, 2.24) is 4.90 Å². The minimum absolute atomic E-state index is 0.234. The maximum absolute atomic E-state index is 12.4. The van der Waals surface area contributed by atoms with Crippen LogP contribution in [0.25, 0.3) is 0 Å². The molecule has 2 fully saturated rings. The van der Waals surface area contributed by atoms with Crippen molar-refractivity contribution in [3.8, 4) is 5.75 Å². The van der Waals surface area contributed by atoms with Crippen LogP contribution in [0.1, 0.15) is 72.8 Å². The molecule has 2 aliphatic heterocycles. The summed E-state index contributed by atoms with van der Waals surface area (Å²) < 4.78 is 23.7. The van der Waals surface area contributed by atoms with Crippen LogP contribution >= 0.6 is 0 Å². The van der Waals surface area contributed by atoms with Gasteiger partial charge in [0.1, 0.15) is 11.4 Å². The molecule has 0 atom stereocenters. The number of hydrogen-bond acceptors (Lipinski definition) is 5. The van der Waals surface area contributed by atoms with Gasteiger partial charge < -0.3 is 23.7 Å². The molecular weight excluding hydrogens is 381 g/mol. The number of benzene rings is 1. The van der Waals surface area contributed by atoms with Gasteiger partial charge in [-0.1, -0.05) is 6.07 Å². The SMILES string of the molecule is COc1ccc(C2CCN(C(=O)OC(C)(C)C)CC2)c(B2OC(C)(C)C(C)(C)O2)c1. The summed E-state index contributed by atoms with van der Waals surface area (Å²) in [6.07, 6.45) is 1.51. The van der Waals surface area contributed by atoms with E-state index in [0.29, 0.717) is 19.0 Å². The summed E-state index contributed by atoms with van der Waals surface area (Å²) in [5.74, 6) is 1.11. The van der Waals surface area contributed by atoms with Crippen LogP contribution in [0.2, 0.25) is 0 Å². The number of methoxy groups -OCH3 is 1. The van der Waals surface area contributed by atoms with Crippen molar-refractivity contribution in [2.75, 3.05) is 20.2 Å². The summed E-state index contributed by atoms with van der Waals surface area (Å²) in [5, 5.41) is 0. The molecule has 3 rings (SSSR count). The second kappa shape index (κ2) is 8.08. The minimum atomic E-state index is -0.478. The molecule has 0 spiro atoms. The fraction of sp³-hybridized carbons (Fsp3) is 0.696. The lowest BCUT2D eigenvalue weighted by Gasteiger charge is -2.34. The highest BCUT2D eigenvalue weighted by Gasteiger charge is 2.52. The molecule has 166 valence electrons. The molecule has 1 aromatic rings. The largest absolute Gasteiger partial charge is 0.497 e. The van der Waals surface area contributed by atoms with Gasteiger partial charge >= 0.3 is 13.2 Å². The monoisotopic (exact) mass is 417 g/mol. The van der Waals surface area contributed by atoms with Gasteiger partial charge in [0, 0.05) is 13.1 Å². The van der Waals surface area contributed by atoms with Crippen molar-refractivity contribution < 1.29 is 23.6 Å². The average Bonchev–Trinajstić information content (AvgIpc) is 2.87. The van der Waals surface area contributed by atoms with E-state index in [4.69, 9.17) is 18.8 Å². The van der Waals surface area contributed by atoms with Gasteiger partial charge in [0.25, 0.3) is 0 Å². The molecule has 0 unspecified atom stereocenters. The smallest absolute Gasteiger partial charge is 0.495 e. The summed E-state index contributed by atoms with van der Waals surface area (Å²) in [5.41, 5.74) is 0.936. The topological polar surface area (TPSA) is 57.2 Å². The number of carbonyl (C=O) groups excluding carboxylic acids is 1. The van der Waals surface area contributed by atoms with E-state index in [-0.39, 0.29) is 6.09 Å². The number of rotatable bonds is 3. The quantitative estimate of drug-likeness (QED) is 0.693. The first-order valence-electron chi connectivity index (χ1n) is 10.8. The normalized spacial score (nSPS) is 21.6. The molecule has 0 aromatic heterocycles. The molecule has 30 heavy (non-hydrogen) atoms. The first-order chi connectivity index (χ1) is 13.8. The minimum Gasteiger partial charge on any atom is -0.497 e. The van der Waals surface area contributed by atoms with Gasteiger partial charge in [-0.15, -0.1) is 0 Å². The second-order valence-electron chi connectivity index (χ2n) is 10.3. The van der Waals surface area contributed by atoms with E-state index in [1.165, 1.54) is 5.56 Å². The summed E-state index contributed by atoms with van der Waals surface area (Å²) in [7, 11) is 1.23. The van der Waals surface area contributed by atoms with Crippen molar-refractivity contribution in [3.63, 3.8) is 0 Å². The number of amides is 1.